The number of nitrogens with one attached hydrogen (secondary N) is 2. The molecule has 160 valence electrons. The molecular formula is C23H23N3O5. The number of carbonyl (C=O) groups excluding carboxylic acids is 1. The molecule has 0 radical (unpaired) electrons. The maximum absolute atomic E-state index is 13.0. The van der Waals surface area contributed by atoms with Gasteiger partial charge >= 0.3 is 5.69 Å². The van der Waals surface area contributed by atoms with Gasteiger partial charge in [0.25, 0.3) is 11.5 Å². The molecule has 1 fully saturated rings. The van der Waals surface area contributed by atoms with Gasteiger partial charge in [0.15, 0.2) is 11.5 Å². The van der Waals surface area contributed by atoms with E-state index < -0.39 is 11.2 Å². The third-order valence-corrected chi connectivity index (χ3v) is 5.96. The Kier molecular flexibility index (Phi) is 4.97. The Bertz CT molecular complexity index is 1270. The first-order valence-corrected chi connectivity index (χ1v) is 10.5. The summed E-state index contributed by atoms with van der Waals surface area (Å²) >= 11 is 0. The van der Waals surface area contributed by atoms with Gasteiger partial charge in [0.2, 0.25) is 6.79 Å². The van der Waals surface area contributed by atoms with E-state index in [1.807, 2.05) is 0 Å². The average Bonchev–Trinajstić information content (AvgIpc) is 3.25. The van der Waals surface area contributed by atoms with Crippen molar-refractivity contribution < 1.29 is 14.3 Å². The fourth-order valence-corrected chi connectivity index (χ4v) is 4.28. The summed E-state index contributed by atoms with van der Waals surface area (Å²) in [6.07, 6.45) is 5.43. The molecule has 8 heteroatoms. The Balaban J connectivity index is 1.42. The third-order valence-electron chi connectivity index (χ3n) is 5.96. The first kappa shape index (κ1) is 19.4. The van der Waals surface area contributed by atoms with Gasteiger partial charge in [-0.3, -0.25) is 14.2 Å². The first-order chi connectivity index (χ1) is 15.1. The van der Waals surface area contributed by atoms with Crippen molar-refractivity contribution in [2.75, 3.05) is 6.79 Å². The number of aromatic amines is 1. The van der Waals surface area contributed by atoms with Crippen LogP contribution in [0.25, 0.3) is 10.9 Å². The van der Waals surface area contributed by atoms with Crippen molar-refractivity contribution in [1.82, 2.24) is 14.9 Å². The van der Waals surface area contributed by atoms with Crippen LogP contribution < -0.4 is 26.0 Å². The lowest BCUT2D eigenvalue weighted by Gasteiger charge is -2.22. The standard InChI is InChI=1S/C23H23N3O5/c27-21(24-16-4-2-1-3-5-16)15-7-8-17-18(11-15)25-23(29)26(22(17)28)12-14-6-9-19-20(10-14)31-13-30-19/h6-11,16H,1-5,12-13H2,(H,24,27)(H,25,29). The summed E-state index contributed by atoms with van der Waals surface area (Å²) in [6.45, 7) is 0.261. The molecule has 31 heavy (non-hydrogen) atoms. The van der Waals surface area contributed by atoms with E-state index in [4.69, 9.17) is 9.47 Å². The van der Waals surface area contributed by atoms with Crippen LogP contribution >= 0.6 is 0 Å². The minimum atomic E-state index is -0.528. The number of hydrogen-bond acceptors (Lipinski definition) is 5. The van der Waals surface area contributed by atoms with E-state index in [1.54, 1.807) is 36.4 Å². The van der Waals surface area contributed by atoms with Crippen LogP contribution in [0.1, 0.15) is 48.0 Å². The molecular weight excluding hydrogens is 398 g/mol. The number of hydrogen-bond donors (Lipinski definition) is 2. The summed E-state index contributed by atoms with van der Waals surface area (Å²) in [5.74, 6) is 1.05. The molecule has 1 amide bonds. The second-order valence-electron chi connectivity index (χ2n) is 8.08. The molecule has 0 atom stereocenters. The lowest BCUT2D eigenvalue weighted by atomic mass is 9.95. The maximum Gasteiger partial charge on any atom is 0.329 e. The predicted octanol–water partition coefficient (Wildman–Crippen LogP) is 2.53. The molecule has 2 heterocycles. The van der Waals surface area contributed by atoms with Crippen LogP contribution in [-0.2, 0) is 6.54 Å². The van der Waals surface area contributed by atoms with E-state index in [9.17, 15) is 14.4 Å². The van der Waals surface area contributed by atoms with Crippen LogP contribution in [0.4, 0.5) is 0 Å². The van der Waals surface area contributed by atoms with Crippen molar-refractivity contribution in [3.8, 4) is 11.5 Å². The number of fused-ring (bicyclic) bond motifs is 2. The number of amides is 1. The zero-order chi connectivity index (χ0) is 21.4. The summed E-state index contributed by atoms with van der Waals surface area (Å²) in [4.78, 5) is 41.0. The molecule has 8 nitrogen and oxygen atoms in total. The van der Waals surface area contributed by atoms with Gasteiger partial charge in [0, 0.05) is 11.6 Å². The van der Waals surface area contributed by atoms with Crippen molar-refractivity contribution in [2.24, 2.45) is 0 Å². The SMILES string of the molecule is O=C(NC1CCCCC1)c1ccc2c(=O)n(Cc3ccc4c(c3)OCO4)c(=O)[nH]c2c1. The normalized spacial score (nSPS) is 15.9. The maximum atomic E-state index is 13.0. The number of aromatic nitrogens is 2. The number of carbonyl (C=O) groups is 1. The van der Waals surface area contributed by atoms with Crippen molar-refractivity contribution in [3.63, 3.8) is 0 Å². The molecule has 2 aromatic carbocycles. The summed E-state index contributed by atoms with van der Waals surface area (Å²) in [6, 6.07) is 10.3. The molecule has 1 aliphatic carbocycles. The number of nitrogens with zero attached hydrogens (tertiary/aromatic N) is 1. The zero-order valence-electron chi connectivity index (χ0n) is 17.0. The van der Waals surface area contributed by atoms with E-state index in [1.165, 1.54) is 6.42 Å². The van der Waals surface area contributed by atoms with Gasteiger partial charge in [-0.05, 0) is 48.7 Å². The summed E-state index contributed by atoms with van der Waals surface area (Å²) < 4.78 is 11.8. The highest BCUT2D eigenvalue weighted by Gasteiger charge is 2.18. The minimum Gasteiger partial charge on any atom is -0.454 e. The zero-order valence-corrected chi connectivity index (χ0v) is 17.0. The molecule has 1 aliphatic heterocycles. The molecule has 3 aromatic rings. The monoisotopic (exact) mass is 421 g/mol. The molecule has 0 saturated heterocycles. The van der Waals surface area contributed by atoms with Crippen LogP contribution in [0.15, 0.2) is 46.0 Å². The largest absolute Gasteiger partial charge is 0.454 e. The molecule has 0 bridgehead atoms. The van der Waals surface area contributed by atoms with Gasteiger partial charge in [0.1, 0.15) is 0 Å². The fraction of sp³-hybridized carbons (Fsp3) is 0.348. The Labute approximate surface area is 177 Å². The Morgan fingerprint density at radius 2 is 1.84 bits per heavy atom. The molecule has 5 rings (SSSR count). The van der Waals surface area contributed by atoms with Gasteiger partial charge in [-0.1, -0.05) is 25.3 Å². The number of ether oxygens (including phenoxy) is 2. The molecule has 2 N–H and O–H groups in total. The Hall–Kier alpha value is -3.55. The van der Waals surface area contributed by atoms with Crippen LogP contribution in [0, 0.1) is 0 Å². The van der Waals surface area contributed by atoms with Crippen molar-refractivity contribution in [3.05, 3.63) is 68.4 Å². The third kappa shape index (κ3) is 3.81. The van der Waals surface area contributed by atoms with E-state index in [0.29, 0.717) is 28.0 Å². The van der Waals surface area contributed by atoms with Crippen LogP contribution in [0.2, 0.25) is 0 Å². The highest BCUT2D eigenvalue weighted by molar-refractivity contribution is 5.97. The fourth-order valence-electron chi connectivity index (χ4n) is 4.28. The second-order valence-corrected chi connectivity index (χ2v) is 8.08. The van der Waals surface area contributed by atoms with Gasteiger partial charge in [-0.15, -0.1) is 0 Å². The van der Waals surface area contributed by atoms with E-state index in [-0.39, 0.29) is 25.3 Å². The van der Waals surface area contributed by atoms with Gasteiger partial charge < -0.3 is 19.8 Å². The Morgan fingerprint density at radius 1 is 1.03 bits per heavy atom. The minimum absolute atomic E-state index is 0.102. The van der Waals surface area contributed by atoms with Crippen LogP contribution in [0.5, 0.6) is 11.5 Å². The average molecular weight is 421 g/mol. The quantitative estimate of drug-likeness (QED) is 0.674. The van der Waals surface area contributed by atoms with Crippen LogP contribution in [0.3, 0.4) is 0 Å². The van der Waals surface area contributed by atoms with Crippen LogP contribution in [-0.4, -0.2) is 28.3 Å². The lowest BCUT2D eigenvalue weighted by Crippen LogP contribution is -2.37. The predicted molar refractivity (Wildman–Crippen MR) is 115 cm³/mol. The topological polar surface area (TPSA) is 102 Å². The number of rotatable bonds is 4. The number of benzene rings is 2. The van der Waals surface area contributed by atoms with E-state index in [2.05, 4.69) is 10.3 Å². The molecule has 2 aliphatic rings. The van der Waals surface area contributed by atoms with Gasteiger partial charge in [-0.2, -0.15) is 0 Å². The molecule has 0 spiro atoms. The van der Waals surface area contributed by atoms with E-state index in [0.717, 1.165) is 35.8 Å². The van der Waals surface area contributed by atoms with Crippen molar-refractivity contribution in [1.29, 1.82) is 0 Å². The van der Waals surface area contributed by atoms with E-state index >= 15 is 0 Å². The summed E-state index contributed by atoms with van der Waals surface area (Å²) in [5.41, 5.74) is 0.602. The Morgan fingerprint density at radius 3 is 2.68 bits per heavy atom. The highest BCUT2D eigenvalue weighted by atomic mass is 16.7. The number of H-pyrrole nitrogens is 1. The summed E-state index contributed by atoms with van der Waals surface area (Å²) in [7, 11) is 0. The smallest absolute Gasteiger partial charge is 0.329 e. The lowest BCUT2D eigenvalue weighted by molar-refractivity contribution is 0.0928. The first-order valence-electron chi connectivity index (χ1n) is 10.5. The van der Waals surface area contributed by atoms with Crippen molar-refractivity contribution in [2.45, 2.75) is 44.7 Å². The van der Waals surface area contributed by atoms with Gasteiger partial charge in [0.05, 0.1) is 17.4 Å². The molecule has 0 unspecified atom stereocenters. The summed E-state index contributed by atoms with van der Waals surface area (Å²) in [5, 5.41) is 3.41. The van der Waals surface area contributed by atoms with Gasteiger partial charge in [-0.25, -0.2) is 4.79 Å². The second kappa shape index (κ2) is 7.94. The molecule has 1 aromatic heterocycles. The highest BCUT2D eigenvalue weighted by Crippen LogP contribution is 2.32. The van der Waals surface area contributed by atoms with Crippen molar-refractivity contribution >= 4 is 16.8 Å². The molecule has 1 saturated carbocycles.